The Balaban J connectivity index is 1.88. The molecule has 7 nitrogen and oxygen atoms in total. The second-order valence-electron chi connectivity index (χ2n) is 6.78. The first kappa shape index (κ1) is 20.9. The summed E-state index contributed by atoms with van der Waals surface area (Å²) in [6.45, 7) is 0.0987. The summed E-state index contributed by atoms with van der Waals surface area (Å²) >= 11 is 6.16. The summed E-state index contributed by atoms with van der Waals surface area (Å²) in [6, 6.07) is 6.07. The molecule has 11 heteroatoms. The lowest BCUT2D eigenvalue weighted by Crippen LogP contribution is -2.22. The summed E-state index contributed by atoms with van der Waals surface area (Å²) in [6.07, 6.45) is -0.643. The number of pyridine rings is 1. The number of aryl methyl sites for hydroxylation is 1. The van der Waals surface area contributed by atoms with Crippen LogP contribution in [0.3, 0.4) is 0 Å². The van der Waals surface area contributed by atoms with Gasteiger partial charge in [-0.1, -0.05) is 11.6 Å². The van der Waals surface area contributed by atoms with Crippen LogP contribution in [0.2, 0.25) is 5.02 Å². The third-order valence-electron chi connectivity index (χ3n) is 4.64. The van der Waals surface area contributed by atoms with Crippen LogP contribution in [-0.4, -0.2) is 31.4 Å². The van der Waals surface area contributed by atoms with E-state index in [1.54, 1.807) is 18.3 Å². The molecule has 0 aliphatic carbocycles. The normalized spacial score (nSPS) is 11.8. The molecule has 3 aromatic heterocycles. The first-order chi connectivity index (χ1) is 14.7. The highest BCUT2D eigenvalue weighted by molar-refractivity contribution is 6.31. The van der Waals surface area contributed by atoms with E-state index in [-0.39, 0.29) is 33.6 Å². The van der Waals surface area contributed by atoms with Crippen molar-refractivity contribution in [1.29, 1.82) is 0 Å². The van der Waals surface area contributed by atoms with E-state index in [1.807, 2.05) is 0 Å². The van der Waals surface area contributed by atoms with Gasteiger partial charge in [0.2, 0.25) is 0 Å². The second-order valence-corrected chi connectivity index (χ2v) is 7.21. The van der Waals surface area contributed by atoms with Crippen molar-refractivity contribution in [3.63, 3.8) is 0 Å². The summed E-state index contributed by atoms with van der Waals surface area (Å²) in [5.74, 6) is 0.577. The zero-order chi connectivity index (χ0) is 22.3. The minimum absolute atomic E-state index is 0.0756. The Morgan fingerprint density at radius 1 is 1.16 bits per heavy atom. The molecular weight excluding hydrogens is 435 g/mol. The van der Waals surface area contributed by atoms with Crippen LogP contribution in [0.25, 0.3) is 22.0 Å². The molecule has 0 N–H and O–H groups in total. The van der Waals surface area contributed by atoms with Gasteiger partial charge in [0.1, 0.15) is 5.75 Å². The number of fused-ring (bicyclic) bond motifs is 1. The van der Waals surface area contributed by atoms with Gasteiger partial charge in [-0.3, -0.25) is 19.0 Å². The maximum Gasteiger partial charge on any atom is 0.435 e. The average molecular weight is 450 g/mol. The van der Waals surface area contributed by atoms with E-state index in [2.05, 4.69) is 15.1 Å². The average Bonchev–Trinajstić information content (AvgIpc) is 3.12. The molecule has 0 atom stereocenters. The molecule has 4 rings (SSSR count). The lowest BCUT2D eigenvalue weighted by atomic mass is 10.0. The van der Waals surface area contributed by atoms with E-state index in [0.717, 1.165) is 4.68 Å². The molecule has 0 saturated heterocycles. The van der Waals surface area contributed by atoms with E-state index in [1.165, 1.54) is 43.4 Å². The highest BCUT2D eigenvalue weighted by Crippen LogP contribution is 2.38. The van der Waals surface area contributed by atoms with Gasteiger partial charge in [-0.25, -0.2) is 4.98 Å². The summed E-state index contributed by atoms with van der Waals surface area (Å²) in [7, 11) is 2.90. The summed E-state index contributed by atoms with van der Waals surface area (Å²) < 4.78 is 48.0. The van der Waals surface area contributed by atoms with Gasteiger partial charge in [0.15, 0.2) is 5.69 Å². The number of benzene rings is 1. The molecule has 1 aromatic carbocycles. The van der Waals surface area contributed by atoms with Crippen LogP contribution in [0, 0.1) is 0 Å². The van der Waals surface area contributed by atoms with Crippen LogP contribution < -0.4 is 10.3 Å². The van der Waals surface area contributed by atoms with Crippen LogP contribution in [-0.2, 0) is 19.8 Å². The first-order valence-electron chi connectivity index (χ1n) is 8.96. The highest BCUT2D eigenvalue weighted by atomic mass is 35.5. The van der Waals surface area contributed by atoms with Gasteiger partial charge in [-0.15, -0.1) is 0 Å². The van der Waals surface area contributed by atoms with Gasteiger partial charge in [-0.2, -0.15) is 18.3 Å². The number of alkyl halides is 3. The molecular formula is C20H15ClF3N5O2. The highest BCUT2D eigenvalue weighted by Gasteiger charge is 2.38. The van der Waals surface area contributed by atoms with Gasteiger partial charge in [0, 0.05) is 41.7 Å². The Hall–Kier alpha value is -3.40. The van der Waals surface area contributed by atoms with Crippen molar-refractivity contribution in [1.82, 2.24) is 24.3 Å². The van der Waals surface area contributed by atoms with E-state index in [0.29, 0.717) is 11.4 Å². The van der Waals surface area contributed by atoms with Gasteiger partial charge < -0.3 is 4.74 Å². The molecule has 0 radical (unpaired) electrons. The van der Waals surface area contributed by atoms with Crippen LogP contribution in [0.15, 0.2) is 47.8 Å². The van der Waals surface area contributed by atoms with Crippen molar-refractivity contribution in [2.75, 3.05) is 7.11 Å². The van der Waals surface area contributed by atoms with Crippen molar-refractivity contribution in [2.45, 2.75) is 12.7 Å². The lowest BCUT2D eigenvalue weighted by molar-refractivity contribution is -0.140. The summed E-state index contributed by atoms with van der Waals surface area (Å²) in [4.78, 5) is 21.5. The van der Waals surface area contributed by atoms with Crippen LogP contribution in [0.5, 0.6) is 5.75 Å². The fraction of sp³-hybridized carbons (Fsp3) is 0.200. The zero-order valence-corrected chi connectivity index (χ0v) is 17.1. The molecule has 0 aliphatic rings. The largest absolute Gasteiger partial charge is 0.497 e. The topological polar surface area (TPSA) is 74.8 Å². The maximum absolute atomic E-state index is 13.5. The fourth-order valence-corrected chi connectivity index (χ4v) is 3.51. The number of nitrogens with zero attached hydrogens (tertiary/aromatic N) is 5. The van der Waals surface area contributed by atoms with Crippen LogP contribution >= 0.6 is 11.6 Å². The minimum atomic E-state index is -4.68. The fourth-order valence-electron chi connectivity index (χ4n) is 3.29. The number of ether oxygens (including phenoxy) is 1. The zero-order valence-electron chi connectivity index (χ0n) is 16.3. The van der Waals surface area contributed by atoms with Gasteiger partial charge in [-0.05, 0) is 18.2 Å². The molecule has 4 aromatic rings. The Morgan fingerprint density at radius 2 is 1.94 bits per heavy atom. The van der Waals surface area contributed by atoms with Gasteiger partial charge in [0.25, 0.3) is 5.56 Å². The van der Waals surface area contributed by atoms with Gasteiger partial charge >= 0.3 is 6.18 Å². The third-order valence-corrected chi connectivity index (χ3v) is 4.85. The van der Waals surface area contributed by atoms with Crippen LogP contribution in [0.4, 0.5) is 13.2 Å². The Labute approximate surface area is 178 Å². The van der Waals surface area contributed by atoms with Crippen molar-refractivity contribution >= 4 is 22.5 Å². The molecule has 0 aliphatic heterocycles. The van der Waals surface area contributed by atoms with E-state index < -0.39 is 17.4 Å². The number of halogens is 4. The third kappa shape index (κ3) is 3.98. The molecule has 3 heterocycles. The Bertz CT molecular complexity index is 1350. The smallest absolute Gasteiger partial charge is 0.435 e. The lowest BCUT2D eigenvalue weighted by Gasteiger charge is -2.11. The first-order valence-corrected chi connectivity index (χ1v) is 9.34. The van der Waals surface area contributed by atoms with Crippen LogP contribution in [0.1, 0.15) is 11.4 Å². The van der Waals surface area contributed by atoms with Gasteiger partial charge in [0.05, 0.1) is 36.6 Å². The molecule has 0 bridgehead atoms. The van der Waals surface area contributed by atoms with Crippen molar-refractivity contribution < 1.29 is 17.9 Å². The quantitative estimate of drug-likeness (QED) is 0.472. The number of hydrogen-bond acceptors (Lipinski definition) is 5. The summed E-state index contributed by atoms with van der Waals surface area (Å²) in [5, 5.41) is 3.72. The van der Waals surface area contributed by atoms with Crippen molar-refractivity contribution in [3.8, 4) is 16.9 Å². The number of aromatic nitrogens is 5. The number of hydrogen-bond donors (Lipinski definition) is 0. The van der Waals surface area contributed by atoms with Crippen molar-refractivity contribution in [2.24, 2.45) is 7.05 Å². The van der Waals surface area contributed by atoms with Crippen molar-refractivity contribution in [3.05, 3.63) is 69.8 Å². The molecule has 0 fully saturated rings. The van der Waals surface area contributed by atoms with E-state index in [9.17, 15) is 18.0 Å². The predicted molar refractivity (Wildman–Crippen MR) is 108 cm³/mol. The SMILES string of the molecule is COc1ccnc(Cn2cnc3c(-c4cn(C)nc4C(F)(F)F)cc(Cl)cc3c2=O)c1. The number of rotatable bonds is 4. The number of methoxy groups -OCH3 is 1. The minimum Gasteiger partial charge on any atom is -0.497 e. The molecule has 0 saturated carbocycles. The molecule has 31 heavy (non-hydrogen) atoms. The standard InChI is InChI=1S/C20H15ClF3N5O2/c1-28-9-16(18(27-28)20(22,23)24)14-5-11(21)6-15-17(14)26-10-29(19(15)30)8-12-7-13(31-2)3-4-25-12/h3-7,9-10H,8H2,1-2H3. The molecule has 0 unspecified atom stereocenters. The second kappa shape index (κ2) is 7.69. The Kier molecular flexibility index (Phi) is 5.18. The molecule has 0 spiro atoms. The summed E-state index contributed by atoms with van der Waals surface area (Å²) in [5.41, 5.74) is -1.02. The maximum atomic E-state index is 13.5. The Morgan fingerprint density at radius 3 is 2.65 bits per heavy atom. The van der Waals surface area contributed by atoms with E-state index in [4.69, 9.17) is 16.3 Å². The molecule has 160 valence electrons. The van der Waals surface area contributed by atoms with E-state index >= 15 is 0 Å². The molecule has 0 amide bonds. The predicted octanol–water partition coefficient (Wildman–Crippen LogP) is 3.92. The monoisotopic (exact) mass is 449 g/mol.